The van der Waals surface area contributed by atoms with Gasteiger partial charge in [-0.15, -0.1) is 0 Å². The van der Waals surface area contributed by atoms with Crippen molar-refractivity contribution in [2.24, 2.45) is 7.05 Å². The van der Waals surface area contributed by atoms with Gasteiger partial charge in [-0.05, 0) is 50.1 Å². The molecule has 6 heteroatoms. The summed E-state index contributed by atoms with van der Waals surface area (Å²) in [5.41, 5.74) is 3.68. The Labute approximate surface area is 164 Å². The average Bonchev–Trinajstić information content (AvgIpc) is 2.89. The number of carbonyl (C=O) groups is 1. The molecule has 0 saturated heterocycles. The number of aryl methyl sites for hydroxylation is 1. The van der Waals surface area contributed by atoms with Crippen molar-refractivity contribution in [1.82, 2.24) is 9.36 Å². The Balaban J connectivity index is 1.69. The highest BCUT2D eigenvalue weighted by atomic mass is 16.5. The summed E-state index contributed by atoms with van der Waals surface area (Å²) in [6.07, 6.45) is 0.159. The van der Waals surface area contributed by atoms with Crippen molar-refractivity contribution < 1.29 is 9.53 Å². The van der Waals surface area contributed by atoms with E-state index in [4.69, 9.17) is 4.74 Å². The molecule has 1 amide bonds. The molecule has 0 bridgehead atoms. The number of nitrogens with one attached hydrogen (secondary N) is 1. The summed E-state index contributed by atoms with van der Waals surface area (Å²) in [4.78, 5) is 25.2. The summed E-state index contributed by atoms with van der Waals surface area (Å²) >= 11 is 0. The molecule has 0 aliphatic heterocycles. The van der Waals surface area contributed by atoms with E-state index in [0.29, 0.717) is 11.4 Å². The third kappa shape index (κ3) is 3.86. The lowest BCUT2D eigenvalue weighted by atomic mass is 10.1. The van der Waals surface area contributed by atoms with Gasteiger partial charge in [0.1, 0.15) is 11.4 Å². The van der Waals surface area contributed by atoms with E-state index in [1.807, 2.05) is 69.3 Å². The molecule has 1 N–H and O–H groups in total. The van der Waals surface area contributed by atoms with Crippen LogP contribution in [0, 0.1) is 20.8 Å². The van der Waals surface area contributed by atoms with Crippen molar-refractivity contribution in [3.63, 3.8) is 0 Å². The van der Waals surface area contributed by atoms with Crippen molar-refractivity contribution in [2.45, 2.75) is 27.2 Å². The fourth-order valence-corrected chi connectivity index (χ4v) is 3.05. The second-order valence-corrected chi connectivity index (χ2v) is 6.78. The number of hydrogen-bond acceptors (Lipinski definition) is 3. The van der Waals surface area contributed by atoms with Crippen LogP contribution in [0.1, 0.15) is 23.2 Å². The van der Waals surface area contributed by atoms with E-state index in [1.54, 1.807) is 11.7 Å². The first-order chi connectivity index (χ1) is 13.4. The van der Waals surface area contributed by atoms with E-state index >= 15 is 0 Å². The van der Waals surface area contributed by atoms with E-state index in [2.05, 4.69) is 5.32 Å². The molecular weight excluding hydrogens is 354 g/mol. The number of ether oxygens (including phenoxy) is 1. The number of aromatic nitrogens is 2. The minimum atomic E-state index is -0.255. The number of carbonyl (C=O) groups excluding carboxylic acids is 1. The van der Waals surface area contributed by atoms with Crippen LogP contribution in [0.4, 0.5) is 5.69 Å². The molecule has 0 aliphatic carbocycles. The number of rotatable bonds is 6. The maximum absolute atomic E-state index is 12.8. The Kier molecular flexibility index (Phi) is 5.68. The van der Waals surface area contributed by atoms with Crippen LogP contribution in [0.25, 0.3) is 5.69 Å². The van der Waals surface area contributed by atoms with Gasteiger partial charge in [-0.1, -0.05) is 30.3 Å². The first kappa shape index (κ1) is 19.5. The zero-order chi connectivity index (χ0) is 20.3. The van der Waals surface area contributed by atoms with E-state index in [9.17, 15) is 9.59 Å². The number of nitrogens with zero attached hydrogens (tertiary/aromatic N) is 2. The van der Waals surface area contributed by atoms with E-state index < -0.39 is 0 Å². The molecule has 0 unspecified atom stereocenters. The number of para-hydroxylation sites is 1. The Bertz CT molecular complexity index is 1050. The monoisotopic (exact) mass is 379 g/mol. The van der Waals surface area contributed by atoms with Gasteiger partial charge in [0.05, 0.1) is 24.4 Å². The van der Waals surface area contributed by atoms with Gasteiger partial charge >= 0.3 is 0 Å². The van der Waals surface area contributed by atoms with Crippen LogP contribution in [0.3, 0.4) is 0 Å². The molecule has 0 spiro atoms. The van der Waals surface area contributed by atoms with Crippen molar-refractivity contribution >= 4 is 11.6 Å². The van der Waals surface area contributed by atoms with Crippen LogP contribution >= 0.6 is 0 Å². The first-order valence-electron chi connectivity index (χ1n) is 9.23. The third-order valence-corrected chi connectivity index (χ3v) is 4.96. The van der Waals surface area contributed by atoms with Crippen molar-refractivity contribution in [3.05, 3.63) is 75.7 Å². The lowest BCUT2D eigenvalue weighted by Gasteiger charge is -2.10. The van der Waals surface area contributed by atoms with Gasteiger partial charge in [0.2, 0.25) is 5.91 Å². The molecule has 0 radical (unpaired) electrons. The van der Waals surface area contributed by atoms with E-state index in [-0.39, 0.29) is 24.5 Å². The molecule has 1 aromatic heterocycles. The van der Waals surface area contributed by atoms with E-state index in [0.717, 1.165) is 22.6 Å². The minimum Gasteiger partial charge on any atom is -0.493 e. The summed E-state index contributed by atoms with van der Waals surface area (Å²) in [7, 11) is 1.79. The van der Waals surface area contributed by atoms with E-state index in [1.165, 1.54) is 4.68 Å². The largest absolute Gasteiger partial charge is 0.493 e. The minimum absolute atomic E-state index is 0.159. The predicted octanol–water partition coefficient (Wildman–Crippen LogP) is 3.51. The van der Waals surface area contributed by atoms with Crippen molar-refractivity contribution in [1.29, 1.82) is 0 Å². The molecule has 0 fully saturated rings. The molecule has 28 heavy (non-hydrogen) atoms. The van der Waals surface area contributed by atoms with Gasteiger partial charge in [0.15, 0.2) is 0 Å². The zero-order valence-corrected chi connectivity index (χ0v) is 16.7. The molecule has 2 aromatic carbocycles. The average molecular weight is 379 g/mol. The molecule has 0 saturated carbocycles. The third-order valence-electron chi connectivity index (χ3n) is 4.96. The van der Waals surface area contributed by atoms with Gasteiger partial charge in [0, 0.05) is 7.05 Å². The molecule has 3 rings (SSSR count). The quantitative estimate of drug-likeness (QED) is 0.713. The second kappa shape index (κ2) is 8.17. The summed E-state index contributed by atoms with van der Waals surface area (Å²) in [5, 5.41) is 2.75. The molecule has 0 atom stereocenters. The van der Waals surface area contributed by atoms with Gasteiger partial charge in [-0.3, -0.25) is 14.3 Å². The van der Waals surface area contributed by atoms with Crippen molar-refractivity contribution in [2.75, 3.05) is 11.9 Å². The van der Waals surface area contributed by atoms with Crippen LogP contribution in [0.15, 0.2) is 53.3 Å². The van der Waals surface area contributed by atoms with Crippen LogP contribution in [0.2, 0.25) is 0 Å². The van der Waals surface area contributed by atoms with Crippen LogP contribution in [0.5, 0.6) is 5.75 Å². The molecule has 146 valence electrons. The number of hydrogen-bond donors (Lipinski definition) is 1. The Morgan fingerprint density at radius 3 is 2.46 bits per heavy atom. The number of benzene rings is 2. The maximum Gasteiger partial charge on any atom is 0.295 e. The van der Waals surface area contributed by atoms with Crippen LogP contribution in [-0.2, 0) is 11.8 Å². The first-order valence-corrected chi connectivity index (χ1v) is 9.23. The molecule has 0 aliphatic rings. The number of anilines is 1. The summed E-state index contributed by atoms with van der Waals surface area (Å²) in [6.45, 7) is 6.06. The molecule has 1 heterocycles. The zero-order valence-electron chi connectivity index (χ0n) is 16.7. The molecular formula is C22H25N3O3. The second-order valence-electron chi connectivity index (χ2n) is 6.78. The highest BCUT2D eigenvalue weighted by Crippen LogP contribution is 2.20. The lowest BCUT2D eigenvalue weighted by molar-refractivity contribution is -0.116. The fraction of sp³-hybridized carbons (Fsp3) is 0.273. The van der Waals surface area contributed by atoms with Crippen molar-refractivity contribution in [3.8, 4) is 11.4 Å². The van der Waals surface area contributed by atoms with Gasteiger partial charge in [-0.25, -0.2) is 4.68 Å². The summed E-state index contributed by atoms with van der Waals surface area (Å²) < 4.78 is 9.01. The fourth-order valence-electron chi connectivity index (χ4n) is 3.05. The normalized spacial score (nSPS) is 10.7. The number of amides is 1. The highest BCUT2D eigenvalue weighted by Gasteiger charge is 2.18. The Morgan fingerprint density at radius 1 is 1.04 bits per heavy atom. The SMILES string of the molecule is Cc1cccc(OCCC(=O)Nc2c(C)n(C)n(-c3ccccc3)c2=O)c1C. The van der Waals surface area contributed by atoms with Crippen LogP contribution < -0.4 is 15.6 Å². The predicted molar refractivity (Wildman–Crippen MR) is 110 cm³/mol. The van der Waals surface area contributed by atoms with Gasteiger partial charge < -0.3 is 10.1 Å². The Hall–Kier alpha value is -3.28. The lowest BCUT2D eigenvalue weighted by Crippen LogP contribution is -2.23. The summed E-state index contributed by atoms with van der Waals surface area (Å²) in [5.74, 6) is 0.520. The highest BCUT2D eigenvalue weighted by molar-refractivity contribution is 5.91. The standard InChI is InChI=1S/C22H25N3O3/c1-15-9-8-12-19(16(15)2)28-14-13-20(26)23-21-17(3)24(4)25(22(21)27)18-10-6-5-7-11-18/h5-12H,13-14H2,1-4H3,(H,23,26). The smallest absolute Gasteiger partial charge is 0.295 e. The molecule has 3 aromatic rings. The molecule has 6 nitrogen and oxygen atoms in total. The summed E-state index contributed by atoms with van der Waals surface area (Å²) in [6, 6.07) is 15.2. The van der Waals surface area contributed by atoms with Gasteiger partial charge in [-0.2, -0.15) is 0 Å². The Morgan fingerprint density at radius 2 is 1.75 bits per heavy atom. The van der Waals surface area contributed by atoms with Crippen LogP contribution in [-0.4, -0.2) is 21.9 Å². The topological polar surface area (TPSA) is 65.3 Å². The maximum atomic E-state index is 12.8. The van der Waals surface area contributed by atoms with Gasteiger partial charge in [0.25, 0.3) is 5.56 Å².